The topological polar surface area (TPSA) is 96.0 Å². The van der Waals surface area contributed by atoms with Crippen molar-refractivity contribution in [2.75, 3.05) is 0 Å². The number of nitrogens with zero attached hydrogens (tertiary/aromatic N) is 1. The predicted molar refractivity (Wildman–Crippen MR) is 99.9 cm³/mol. The largest absolute Gasteiger partial charge is 0.368 e. The molecule has 5 heteroatoms. The summed E-state index contributed by atoms with van der Waals surface area (Å²) in [5, 5.41) is 11.4. The number of nitriles is 1. The van der Waals surface area contributed by atoms with Gasteiger partial charge in [0.05, 0.1) is 12.0 Å². The molecular formula is C21H23N3O2. The van der Waals surface area contributed by atoms with Crippen LogP contribution in [0.5, 0.6) is 0 Å². The van der Waals surface area contributed by atoms with Crippen molar-refractivity contribution >= 4 is 11.8 Å². The second-order valence-electron chi connectivity index (χ2n) is 6.12. The number of hydrogen-bond donors (Lipinski definition) is 2. The van der Waals surface area contributed by atoms with E-state index in [0.717, 1.165) is 11.1 Å². The highest BCUT2D eigenvalue weighted by Gasteiger charge is 2.26. The Bertz CT molecular complexity index is 714. The Morgan fingerprint density at radius 2 is 1.50 bits per heavy atom. The van der Waals surface area contributed by atoms with Crippen molar-refractivity contribution in [3.05, 3.63) is 71.8 Å². The molecule has 0 aliphatic rings. The molecule has 0 saturated heterocycles. The first-order valence-electron chi connectivity index (χ1n) is 8.70. The lowest BCUT2D eigenvalue weighted by Crippen LogP contribution is -2.46. The van der Waals surface area contributed by atoms with Gasteiger partial charge in [0, 0.05) is 6.42 Å². The number of primary amides is 1. The van der Waals surface area contributed by atoms with Gasteiger partial charge in [0.15, 0.2) is 0 Å². The molecule has 0 bridgehead atoms. The Morgan fingerprint density at radius 3 is 1.96 bits per heavy atom. The van der Waals surface area contributed by atoms with Gasteiger partial charge in [0.25, 0.3) is 0 Å². The van der Waals surface area contributed by atoms with Gasteiger partial charge in [-0.3, -0.25) is 9.59 Å². The molecular weight excluding hydrogens is 326 g/mol. The number of unbranched alkanes of at least 4 members (excludes halogenated alkanes) is 2. The molecule has 2 rings (SSSR count). The maximum atomic E-state index is 13.0. The quantitative estimate of drug-likeness (QED) is 0.681. The fourth-order valence-electron chi connectivity index (χ4n) is 2.88. The number of rotatable bonds is 9. The molecule has 2 amide bonds. The lowest BCUT2D eigenvalue weighted by molar-refractivity contribution is -0.127. The highest BCUT2D eigenvalue weighted by atomic mass is 16.2. The summed E-state index contributed by atoms with van der Waals surface area (Å²) in [5.74, 6) is -1.33. The molecule has 0 aliphatic carbocycles. The molecule has 5 nitrogen and oxygen atoms in total. The summed E-state index contributed by atoms with van der Waals surface area (Å²) in [7, 11) is 0. The van der Waals surface area contributed by atoms with Crippen molar-refractivity contribution in [1.29, 1.82) is 5.26 Å². The van der Waals surface area contributed by atoms with E-state index in [2.05, 4.69) is 11.4 Å². The van der Waals surface area contributed by atoms with Crippen LogP contribution in [0.3, 0.4) is 0 Å². The molecule has 0 saturated carbocycles. The van der Waals surface area contributed by atoms with Crippen LogP contribution in [0.4, 0.5) is 0 Å². The molecule has 0 spiro atoms. The third-order valence-corrected chi connectivity index (χ3v) is 4.22. The second-order valence-corrected chi connectivity index (χ2v) is 6.12. The minimum Gasteiger partial charge on any atom is -0.368 e. The van der Waals surface area contributed by atoms with E-state index < -0.39 is 17.9 Å². The monoisotopic (exact) mass is 349 g/mol. The number of nitrogens with one attached hydrogen (secondary N) is 1. The summed E-state index contributed by atoms with van der Waals surface area (Å²) in [4.78, 5) is 24.7. The van der Waals surface area contributed by atoms with Crippen molar-refractivity contribution in [2.24, 2.45) is 5.73 Å². The average Bonchev–Trinajstić information content (AvgIpc) is 2.66. The summed E-state index contributed by atoms with van der Waals surface area (Å²) < 4.78 is 0. The number of benzene rings is 2. The van der Waals surface area contributed by atoms with Crippen LogP contribution >= 0.6 is 0 Å². The van der Waals surface area contributed by atoms with Gasteiger partial charge in [0.2, 0.25) is 11.8 Å². The van der Waals surface area contributed by atoms with Gasteiger partial charge in [-0.05, 0) is 30.4 Å². The van der Waals surface area contributed by atoms with Gasteiger partial charge in [-0.2, -0.15) is 5.26 Å². The van der Waals surface area contributed by atoms with E-state index in [1.54, 1.807) is 0 Å². The minimum atomic E-state index is -0.740. The minimum absolute atomic E-state index is 0.258. The van der Waals surface area contributed by atoms with E-state index in [1.165, 1.54) is 0 Å². The summed E-state index contributed by atoms with van der Waals surface area (Å²) in [6.07, 6.45) is 2.19. The standard InChI is InChI=1S/C21H23N3O2/c22-15-9-3-8-14-18(20(23)25)24-21(26)19(16-10-4-1-5-11-16)17-12-6-2-7-13-17/h1-2,4-7,10-13,18-19H,3,8-9,14H2,(H2,23,25)(H,24,26)/t18-/m0/s1. The fraction of sp³-hybridized carbons (Fsp3) is 0.286. The average molecular weight is 349 g/mol. The fourth-order valence-corrected chi connectivity index (χ4v) is 2.88. The molecule has 3 N–H and O–H groups in total. The highest BCUT2D eigenvalue weighted by Crippen LogP contribution is 2.25. The summed E-state index contributed by atoms with van der Waals surface area (Å²) in [6, 6.07) is 20.2. The summed E-state index contributed by atoms with van der Waals surface area (Å²) >= 11 is 0. The maximum absolute atomic E-state index is 13.0. The third kappa shape index (κ3) is 5.45. The van der Waals surface area contributed by atoms with E-state index in [1.807, 2.05) is 60.7 Å². The van der Waals surface area contributed by atoms with Gasteiger partial charge < -0.3 is 11.1 Å². The number of hydrogen-bond acceptors (Lipinski definition) is 3. The van der Waals surface area contributed by atoms with Crippen molar-refractivity contribution < 1.29 is 9.59 Å². The Morgan fingerprint density at radius 1 is 0.962 bits per heavy atom. The lowest BCUT2D eigenvalue weighted by atomic mass is 9.90. The van der Waals surface area contributed by atoms with Crippen LogP contribution < -0.4 is 11.1 Å². The smallest absolute Gasteiger partial charge is 0.240 e. The molecule has 0 radical (unpaired) electrons. The molecule has 2 aromatic rings. The maximum Gasteiger partial charge on any atom is 0.240 e. The van der Waals surface area contributed by atoms with Crippen LogP contribution in [0.15, 0.2) is 60.7 Å². The van der Waals surface area contributed by atoms with Gasteiger partial charge in [-0.1, -0.05) is 60.7 Å². The van der Waals surface area contributed by atoms with Crippen molar-refractivity contribution in [2.45, 2.75) is 37.6 Å². The van der Waals surface area contributed by atoms with Crippen LogP contribution in [0, 0.1) is 11.3 Å². The number of carbonyl (C=O) groups excluding carboxylic acids is 2. The van der Waals surface area contributed by atoms with Crippen molar-refractivity contribution in [3.8, 4) is 6.07 Å². The molecule has 2 aromatic carbocycles. The molecule has 134 valence electrons. The number of carbonyl (C=O) groups is 2. The van der Waals surface area contributed by atoms with Crippen LogP contribution in [0.2, 0.25) is 0 Å². The molecule has 1 atom stereocenters. The molecule has 26 heavy (non-hydrogen) atoms. The van der Waals surface area contributed by atoms with Crippen LogP contribution in [-0.4, -0.2) is 17.9 Å². The van der Waals surface area contributed by atoms with E-state index in [9.17, 15) is 9.59 Å². The van der Waals surface area contributed by atoms with E-state index >= 15 is 0 Å². The normalized spacial score (nSPS) is 11.5. The first-order chi connectivity index (χ1) is 12.6. The van der Waals surface area contributed by atoms with Crippen LogP contribution in [0.25, 0.3) is 0 Å². The zero-order chi connectivity index (χ0) is 18.8. The van der Waals surface area contributed by atoms with E-state index in [4.69, 9.17) is 11.0 Å². The van der Waals surface area contributed by atoms with E-state index in [0.29, 0.717) is 25.7 Å². The Labute approximate surface area is 153 Å². The van der Waals surface area contributed by atoms with Gasteiger partial charge in [-0.15, -0.1) is 0 Å². The summed E-state index contributed by atoms with van der Waals surface area (Å²) in [5.41, 5.74) is 7.16. The highest BCUT2D eigenvalue weighted by molar-refractivity contribution is 5.91. The molecule has 0 unspecified atom stereocenters. The Kier molecular flexibility index (Phi) is 7.38. The Hall–Kier alpha value is -3.13. The molecule has 0 aliphatic heterocycles. The Balaban J connectivity index is 2.18. The zero-order valence-electron chi connectivity index (χ0n) is 14.6. The van der Waals surface area contributed by atoms with Gasteiger partial charge in [0.1, 0.15) is 6.04 Å². The van der Waals surface area contributed by atoms with Crippen molar-refractivity contribution in [3.63, 3.8) is 0 Å². The van der Waals surface area contributed by atoms with E-state index in [-0.39, 0.29) is 5.91 Å². The van der Waals surface area contributed by atoms with Crippen LogP contribution in [-0.2, 0) is 9.59 Å². The summed E-state index contributed by atoms with van der Waals surface area (Å²) in [6.45, 7) is 0. The number of amides is 2. The first-order valence-corrected chi connectivity index (χ1v) is 8.70. The van der Waals surface area contributed by atoms with Gasteiger partial charge in [-0.25, -0.2) is 0 Å². The lowest BCUT2D eigenvalue weighted by Gasteiger charge is -2.21. The third-order valence-electron chi connectivity index (χ3n) is 4.22. The number of nitrogens with two attached hydrogens (primary N) is 1. The SMILES string of the molecule is N#CCCCC[C@H](NC(=O)C(c1ccccc1)c1ccccc1)C(N)=O. The predicted octanol–water partition coefficient (Wildman–Crippen LogP) is 2.87. The zero-order valence-corrected chi connectivity index (χ0v) is 14.6. The molecule has 0 heterocycles. The molecule has 0 aromatic heterocycles. The first kappa shape index (κ1) is 19.2. The van der Waals surface area contributed by atoms with Crippen molar-refractivity contribution in [1.82, 2.24) is 5.32 Å². The second kappa shape index (κ2) is 10.00. The van der Waals surface area contributed by atoms with Crippen LogP contribution in [0.1, 0.15) is 42.7 Å². The van der Waals surface area contributed by atoms with Gasteiger partial charge >= 0.3 is 0 Å². The molecule has 0 fully saturated rings.